The zero-order valence-corrected chi connectivity index (χ0v) is 17.9. The fourth-order valence-corrected chi connectivity index (χ4v) is 5.52. The fraction of sp³-hybridized carbons (Fsp3) is 0.500. The van der Waals surface area contributed by atoms with E-state index in [1.165, 1.54) is 6.07 Å². The van der Waals surface area contributed by atoms with E-state index in [4.69, 9.17) is 9.47 Å². The molecule has 1 aromatic carbocycles. The zero-order valence-electron chi connectivity index (χ0n) is 15.5. The van der Waals surface area contributed by atoms with Crippen LogP contribution in [0, 0.1) is 0 Å². The topological polar surface area (TPSA) is 70.4 Å². The van der Waals surface area contributed by atoms with Crippen molar-refractivity contribution < 1.29 is 31.1 Å². The first-order valence-corrected chi connectivity index (χ1v) is 11.2. The molecule has 1 aliphatic heterocycles. The number of alkyl halides is 3. The molecule has 11 heteroatoms. The van der Waals surface area contributed by atoms with E-state index in [0.29, 0.717) is 29.5 Å². The predicted octanol–water partition coefficient (Wildman–Crippen LogP) is 4.00. The SMILES string of the molecule is COCCn1nc(Br)cc1C1CC(S(=O)(=O)c2cccc(C(F)(F)F)c2)CCO1. The van der Waals surface area contributed by atoms with Gasteiger partial charge in [-0.25, -0.2) is 8.42 Å². The van der Waals surface area contributed by atoms with Crippen molar-refractivity contribution >= 4 is 25.8 Å². The molecule has 1 fully saturated rings. The quantitative estimate of drug-likeness (QED) is 0.604. The van der Waals surface area contributed by atoms with E-state index in [1.807, 2.05) is 0 Å². The molecular formula is C18H20BrF3N2O4S. The average molecular weight is 497 g/mol. The van der Waals surface area contributed by atoms with Crippen LogP contribution in [-0.2, 0) is 32.0 Å². The van der Waals surface area contributed by atoms with Crippen molar-refractivity contribution in [1.82, 2.24) is 9.78 Å². The number of ether oxygens (including phenoxy) is 2. The average Bonchev–Trinajstić information content (AvgIpc) is 3.06. The Morgan fingerprint density at radius 1 is 1.34 bits per heavy atom. The molecule has 0 amide bonds. The standard InChI is InChI=1S/C18H20BrF3N2O4S/c1-27-8-6-24-15(11-17(19)23-24)16-10-14(5-7-28-16)29(25,26)13-4-2-3-12(9-13)18(20,21)22/h2-4,9,11,14,16H,5-8,10H2,1H3. The molecule has 3 rings (SSSR count). The van der Waals surface area contributed by atoms with E-state index in [-0.39, 0.29) is 24.3 Å². The van der Waals surface area contributed by atoms with Crippen LogP contribution in [0.1, 0.15) is 30.2 Å². The number of rotatable bonds is 6. The van der Waals surface area contributed by atoms with Crippen LogP contribution in [0.5, 0.6) is 0 Å². The van der Waals surface area contributed by atoms with Gasteiger partial charge in [-0.1, -0.05) is 6.07 Å². The summed E-state index contributed by atoms with van der Waals surface area (Å²) in [6, 6.07) is 5.62. The lowest BCUT2D eigenvalue weighted by atomic mass is 10.1. The Morgan fingerprint density at radius 2 is 2.10 bits per heavy atom. The van der Waals surface area contributed by atoms with Crippen molar-refractivity contribution in [2.24, 2.45) is 0 Å². The molecule has 0 aliphatic carbocycles. The molecule has 1 aromatic heterocycles. The second-order valence-electron chi connectivity index (χ2n) is 6.68. The number of benzene rings is 1. The van der Waals surface area contributed by atoms with E-state index in [9.17, 15) is 21.6 Å². The summed E-state index contributed by atoms with van der Waals surface area (Å²) in [5.74, 6) is 0. The van der Waals surface area contributed by atoms with Crippen molar-refractivity contribution in [3.63, 3.8) is 0 Å². The Labute approximate surface area is 175 Å². The molecule has 1 aliphatic rings. The first-order chi connectivity index (χ1) is 13.6. The summed E-state index contributed by atoms with van der Waals surface area (Å²) in [5.41, 5.74) is -0.290. The fourth-order valence-electron chi connectivity index (χ4n) is 3.31. The highest BCUT2D eigenvalue weighted by molar-refractivity contribution is 9.10. The van der Waals surface area contributed by atoms with Gasteiger partial charge >= 0.3 is 6.18 Å². The molecule has 160 valence electrons. The van der Waals surface area contributed by atoms with Gasteiger partial charge in [0.25, 0.3) is 0 Å². The van der Waals surface area contributed by atoms with Crippen LogP contribution < -0.4 is 0 Å². The van der Waals surface area contributed by atoms with Gasteiger partial charge in [0.05, 0.1) is 34.6 Å². The molecule has 2 heterocycles. The minimum absolute atomic E-state index is 0.129. The summed E-state index contributed by atoms with van der Waals surface area (Å²) in [5, 5.41) is 3.45. The molecule has 0 bridgehead atoms. The van der Waals surface area contributed by atoms with Gasteiger partial charge < -0.3 is 9.47 Å². The summed E-state index contributed by atoms with van der Waals surface area (Å²) >= 11 is 3.31. The van der Waals surface area contributed by atoms with Gasteiger partial charge in [-0.15, -0.1) is 0 Å². The summed E-state index contributed by atoms with van der Waals surface area (Å²) in [6.07, 6.45) is -4.80. The van der Waals surface area contributed by atoms with Crippen molar-refractivity contribution in [2.45, 2.75) is 41.8 Å². The van der Waals surface area contributed by atoms with Crippen LogP contribution in [0.2, 0.25) is 0 Å². The molecule has 2 aromatic rings. The Bertz CT molecular complexity index is 962. The Kier molecular flexibility index (Phi) is 6.71. The number of halogens is 4. The smallest absolute Gasteiger partial charge is 0.383 e. The van der Waals surface area contributed by atoms with Gasteiger partial charge in [-0.2, -0.15) is 18.3 Å². The molecule has 2 atom stereocenters. The first kappa shape index (κ1) is 22.3. The predicted molar refractivity (Wildman–Crippen MR) is 102 cm³/mol. The van der Waals surface area contributed by atoms with E-state index < -0.39 is 32.9 Å². The van der Waals surface area contributed by atoms with E-state index >= 15 is 0 Å². The lowest BCUT2D eigenvalue weighted by Crippen LogP contribution is -2.32. The highest BCUT2D eigenvalue weighted by Crippen LogP contribution is 2.36. The maximum atomic E-state index is 13.0. The minimum Gasteiger partial charge on any atom is -0.383 e. The second-order valence-corrected chi connectivity index (χ2v) is 9.72. The number of sulfone groups is 1. The lowest BCUT2D eigenvalue weighted by molar-refractivity contribution is -0.137. The summed E-state index contributed by atoms with van der Waals surface area (Å²) < 4.78 is 78.1. The van der Waals surface area contributed by atoms with Crippen molar-refractivity contribution in [3.8, 4) is 0 Å². The first-order valence-electron chi connectivity index (χ1n) is 8.88. The van der Waals surface area contributed by atoms with Gasteiger partial charge in [-0.05, 0) is 53.0 Å². The highest BCUT2D eigenvalue weighted by Gasteiger charge is 2.37. The molecule has 1 saturated heterocycles. The van der Waals surface area contributed by atoms with Gasteiger partial charge in [0.2, 0.25) is 0 Å². The Balaban J connectivity index is 1.86. The van der Waals surface area contributed by atoms with Gasteiger partial charge in [-0.3, -0.25) is 4.68 Å². The van der Waals surface area contributed by atoms with Gasteiger partial charge in [0, 0.05) is 13.7 Å². The molecule has 29 heavy (non-hydrogen) atoms. The van der Waals surface area contributed by atoms with Crippen LogP contribution in [0.4, 0.5) is 13.2 Å². The van der Waals surface area contributed by atoms with Gasteiger partial charge in [0.1, 0.15) is 10.7 Å². The monoisotopic (exact) mass is 496 g/mol. The normalized spacial score (nSPS) is 20.7. The number of nitrogens with zero attached hydrogens (tertiary/aromatic N) is 2. The maximum Gasteiger partial charge on any atom is 0.416 e. The highest BCUT2D eigenvalue weighted by atomic mass is 79.9. The largest absolute Gasteiger partial charge is 0.416 e. The van der Waals surface area contributed by atoms with Gasteiger partial charge in [0.15, 0.2) is 9.84 Å². The third kappa shape index (κ3) is 5.01. The molecule has 6 nitrogen and oxygen atoms in total. The van der Waals surface area contributed by atoms with Crippen LogP contribution >= 0.6 is 15.9 Å². The Morgan fingerprint density at radius 3 is 2.79 bits per heavy atom. The number of hydrogen-bond donors (Lipinski definition) is 0. The third-order valence-electron chi connectivity index (χ3n) is 4.78. The molecule has 0 spiro atoms. The molecule has 0 saturated carbocycles. The lowest BCUT2D eigenvalue weighted by Gasteiger charge is -2.30. The summed E-state index contributed by atoms with van der Waals surface area (Å²) in [4.78, 5) is -0.327. The number of methoxy groups -OCH3 is 1. The van der Waals surface area contributed by atoms with Crippen LogP contribution in [0.25, 0.3) is 0 Å². The second kappa shape index (κ2) is 8.75. The van der Waals surface area contributed by atoms with Crippen LogP contribution in [0.3, 0.4) is 0 Å². The molecular weight excluding hydrogens is 477 g/mol. The minimum atomic E-state index is -4.61. The Hall–Kier alpha value is -1.43. The van der Waals surface area contributed by atoms with E-state index in [2.05, 4.69) is 21.0 Å². The zero-order chi connectivity index (χ0) is 21.2. The number of aromatic nitrogens is 2. The van der Waals surface area contributed by atoms with Crippen molar-refractivity contribution in [1.29, 1.82) is 0 Å². The third-order valence-corrected chi connectivity index (χ3v) is 7.39. The van der Waals surface area contributed by atoms with E-state index in [1.54, 1.807) is 17.9 Å². The van der Waals surface area contributed by atoms with Crippen LogP contribution in [-0.4, -0.2) is 43.8 Å². The van der Waals surface area contributed by atoms with E-state index in [0.717, 1.165) is 12.1 Å². The molecule has 2 unspecified atom stereocenters. The number of hydrogen-bond acceptors (Lipinski definition) is 5. The van der Waals surface area contributed by atoms with Crippen molar-refractivity contribution in [3.05, 3.63) is 46.2 Å². The molecule has 0 N–H and O–H groups in total. The van der Waals surface area contributed by atoms with Crippen molar-refractivity contribution in [2.75, 3.05) is 20.3 Å². The summed E-state index contributed by atoms with van der Waals surface area (Å²) in [7, 11) is -2.39. The molecule has 0 radical (unpaired) electrons. The summed E-state index contributed by atoms with van der Waals surface area (Å²) in [6.45, 7) is 1.06. The van der Waals surface area contributed by atoms with Crippen LogP contribution in [0.15, 0.2) is 39.8 Å². The maximum absolute atomic E-state index is 13.0.